The summed E-state index contributed by atoms with van der Waals surface area (Å²) in [6.45, 7) is 3.12. The van der Waals surface area contributed by atoms with Crippen LogP contribution in [0, 0.1) is 6.92 Å². The predicted molar refractivity (Wildman–Crippen MR) is 61.3 cm³/mol. The molecule has 0 radical (unpaired) electrons. The molecule has 0 aliphatic rings. The summed E-state index contributed by atoms with van der Waals surface area (Å²) < 4.78 is 9.87. The fourth-order valence-corrected chi connectivity index (χ4v) is 1.15. The van der Waals surface area contributed by atoms with Gasteiger partial charge in [0, 0.05) is 13.3 Å². The van der Waals surface area contributed by atoms with Crippen LogP contribution in [0.15, 0.2) is 12.3 Å². The van der Waals surface area contributed by atoms with Crippen molar-refractivity contribution in [2.75, 3.05) is 26.9 Å². The van der Waals surface area contributed by atoms with Crippen LogP contribution in [0.2, 0.25) is 0 Å². The molecule has 1 N–H and O–H groups in total. The van der Waals surface area contributed by atoms with E-state index in [4.69, 9.17) is 9.47 Å². The zero-order chi connectivity index (χ0) is 12.5. The van der Waals surface area contributed by atoms with Crippen molar-refractivity contribution in [1.82, 2.24) is 15.3 Å². The molecule has 6 heteroatoms. The van der Waals surface area contributed by atoms with Gasteiger partial charge in [-0.3, -0.25) is 4.79 Å². The molecule has 1 aromatic rings. The fraction of sp³-hybridized carbons (Fsp3) is 0.545. The molecule has 0 aromatic carbocycles. The first kappa shape index (κ1) is 13.5. The Balaban J connectivity index is 2.19. The lowest BCUT2D eigenvalue weighted by Crippen LogP contribution is -2.28. The second-order valence-electron chi connectivity index (χ2n) is 3.42. The van der Waals surface area contributed by atoms with E-state index in [1.54, 1.807) is 26.3 Å². The summed E-state index contributed by atoms with van der Waals surface area (Å²) in [6, 6.07) is 1.76. The molecule has 0 saturated carbocycles. The molecule has 0 unspecified atom stereocenters. The number of carbonyl (C=O) groups is 1. The average molecular weight is 239 g/mol. The van der Waals surface area contributed by atoms with E-state index in [2.05, 4.69) is 15.3 Å². The van der Waals surface area contributed by atoms with Crippen LogP contribution < -0.4 is 5.32 Å². The number of nitrogens with one attached hydrogen (secondary N) is 1. The van der Waals surface area contributed by atoms with Gasteiger partial charge in [0.1, 0.15) is 12.4 Å². The molecule has 6 nitrogen and oxygen atoms in total. The molecule has 0 bridgehead atoms. The molecule has 1 rings (SSSR count). The number of nitrogens with zero attached hydrogens (tertiary/aromatic N) is 2. The Hall–Kier alpha value is -1.53. The van der Waals surface area contributed by atoms with E-state index < -0.39 is 0 Å². The first-order valence-corrected chi connectivity index (χ1v) is 5.34. The maximum Gasteiger partial charge on any atom is 0.246 e. The van der Waals surface area contributed by atoms with Crippen molar-refractivity contribution in [3.8, 4) is 0 Å². The highest BCUT2D eigenvalue weighted by atomic mass is 16.5. The lowest BCUT2D eigenvalue weighted by molar-refractivity contribution is -0.126. The lowest BCUT2D eigenvalue weighted by atomic mass is 10.4. The zero-order valence-electron chi connectivity index (χ0n) is 10.1. The lowest BCUT2D eigenvalue weighted by Gasteiger charge is -2.05. The Labute approximate surface area is 100 Å². The summed E-state index contributed by atoms with van der Waals surface area (Å²) in [7, 11) is 1.58. The summed E-state index contributed by atoms with van der Waals surface area (Å²) in [5.41, 5.74) is 0.780. The minimum absolute atomic E-state index is 0.0351. The van der Waals surface area contributed by atoms with E-state index in [-0.39, 0.29) is 12.5 Å². The Kier molecular flexibility index (Phi) is 6.13. The third-order valence-corrected chi connectivity index (χ3v) is 1.97. The molecule has 0 aliphatic carbocycles. The van der Waals surface area contributed by atoms with Crippen LogP contribution in [-0.4, -0.2) is 42.8 Å². The van der Waals surface area contributed by atoms with E-state index in [0.717, 1.165) is 5.69 Å². The van der Waals surface area contributed by atoms with Gasteiger partial charge in [0.2, 0.25) is 5.91 Å². The number of methoxy groups -OCH3 is 1. The molecule has 0 fully saturated rings. The van der Waals surface area contributed by atoms with Crippen molar-refractivity contribution in [3.05, 3.63) is 23.8 Å². The van der Waals surface area contributed by atoms with E-state index in [1.807, 2.05) is 0 Å². The van der Waals surface area contributed by atoms with Gasteiger partial charge in [-0.15, -0.1) is 0 Å². The number of amides is 1. The highest BCUT2D eigenvalue weighted by molar-refractivity contribution is 5.77. The molecular weight excluding hydrogens is 222 g/mol. The predicted octanol–water partition coefficient (Wildman–Crippen LogP) is 0.0642. The van der Waals surface area contributed by atoms with Crippen LogP contribution in [0.3, 0.4) is 0 Å². The largest absolute Gasteiger partial charge is 0.382 e. The molecule has 17 heavy (non-hydrogen) atoms. The van der Waals surface area contributed by atoms with Gasteiger partial charge in [-0.05, 0) is 13.0 Å². The van der Waals surface area contributed by atoms with Crippen LogP contribution in [0.5, 0.6) is 0 Å². The highest BCUT2D eigenvalue weighted by Crippen LogP contribution is 1.93. The van der Waals surface area contributed by atoms with Crippen LogP contribution >= 0.6 is 0 Å². The zero-order valence-corrected chi connectivity index (χ0v) is 10.1. The molecule has 0 atom stereocenters. The van der Waals surface area contributed by atoms with E-state index in [0.29, 0.717) is 25.6 Å². The maximum absolute atomic E-state index is 11.3. The highest BCUT2D eigenvalue weighted by Gasteiger charge is 2.02. The minimum Gasteiger partial charge on any atom is -0.382 e. The monoisotopic (exact) mass is 239 g/mol. The van der Waals surface area contributed by atoms with Gasteiger partial charge in [-0.2, -0.15) is 0 Å². The molecule has 1 heterocycles. The summed E-state index contributed by atoms with van der Waals surface area (Å²) >= 11 is 0. The second kappa shape index (κ2) is 7.70. The molecule has 1 aromatic heterocycles. The Bertz CT molecular complexity index is 358. The number of carbonyl (C=O) groups excluding carboxylic acids is 1. The smallest absolute Gasteiger partial charge is 0.246 e. The number of hydrogen-bond acceptors (Lipinski definition) is 5. The summed E-state index contributed by atoms with van der Waals surface area (Å²) in [4.78, 5) is 19.5. The van der Waals surface area contributed by atoms with Crippen molar-refractivity contribution in [2.24, 2.45) is 0 Å². The first-order chi connectivity index (χ1) is 8.22. The van der Waals surface area contributed by atoms with Crippen molar-refractivity contribution in [1.29, 1.82) is 0 Å². The number of aromatic nitrogens is 2. The van der Waals surface area contributed by atoms with Crippen molar-refractivity contribution in [2.45, 2.75) is 13.5 Å². The first-order valence-electron chi connectivity index (χ1n) is 5.34. The minimum atomic E-state index is -0.169. The van der Waals surface area contributed by atoms with Gasteiger partial charge in [0.25, 0.3) is 0 Å². The average Bonchev–Trinajstić information content (AvgIpc) is 2.32. The standard InChI is InChI=1S/C11H17N3O3/c1-9-12-4-3-10(14-9)7-13-11(15)8-17-6-5-16-2/h3-4H,5-8H2,1-2H3,(H,13,15). The number of hydrogen-bond donors (Lipinski definition) is 1. The molecule has 94 valence electrons. The van der Waals surface area contributed by atoms with Crippen LogP contribution in [0.25, 0.3) is 0 Å². The van der Waals surface area contributed by atoms with E-state index >= 15 is 0 Å². The third kappa shape index (κ3) is 5.94. The summed E-state index contributed by atoms with van der Waals surface area (Å²) in [5.74, 6) is 0.519. The number of rotatable bonds is 7. The quantitative estimate of drug-likeness (QED) is 0.681. The molecular formula is C11H17N3O3. The van der Waals surface area contributed by atoms with Gasteiger partial charge >= 0.3 is 0 Å². The topological polar surface area (TPSA) is 73.3 Å². The Morgan fingerprint density at radius 2 is 2.29 bits per heavy atom. The Morgan fingerprint density at radius 1 is 1.47 bits per heavy atom. The van der Waals surface area contributed by atoms with Crippen LogP contribution in [-0.2, 0) is 20.8 Å². The molecule has 0 saturated heterocycles. The normalized spacial score (nSPS) is 10.2. The molecule has 0 aliphatic heterocycles. The number of aryl methyl sites for hydroxylation is 1. The third-order valence-electron chi connectivity index (χ3n) is 1.97. The van der Waals surface area contributed by atoms with Gasteiger partial charge in [-0.25, -0.2) is 9.97 Å². The summed E-state index contributed by atoms with van der Waals surface area (Å²) in [5, 5.41) is 2.71. The van der Waals surface area contributed by atoms with Crippen molar-refractivity contribution >= 4 is 5.91 Å². The maximum atomic E-state index is 11.3. The second-order valence-corrected chi connectivity index (χ2v) is 3.42. The van der Waals surface area contributed by atoms with E-state index in [1.165, 1.54) is 0 Å². The SMILES string of the molecule is COCCOCC(=O)NCc1ccnc(C)n1. The molecule has 1 amide bonds. The van der Waals surface area contributed by atoms with Crippen molar-refractivity contribution < 1.29 is 14.3 Å². The van der Waals surface area contributed by atoms with E-state index in [9.17, 15) is 4.79 Å². The van der Waals surface area contributed by atoms with Crippen LogP contribution in [0.4, 0.5) is 0 Å². The molecule has 0 spiro atoms. The van der Waals surface area contributed by atoms with Gasteiger partial charge < -0.3 is 14.8 Å². The number of ether oxygens (including phenoxy) is 2. The van der Waals surface area contributed by atoms with Crippen molar-refractivity contribution in [3.63, 3.8) is 0 Å². The van der Waals surface area contributed by atoms with Gasteiger partial charge in [0.15, 0.2) is 0 Å². The summed E-state index contributed by atoms with van der Waals surface area (Å²) in [6.07, 6.45) is 1.67. The Morgan fingerprint density at radius 3 is 3.00 bits per heavy atom. The fourth-order valence-electron chi connectivity index (χ4n) is 1.15. The van der Waals surface area contributed by atoms with Crippen LogP contribution in [0.1, 0.15) is 11.5 Å². The van der Waals surface area contributed by atoms with Gasteiger partial charge in [-0.1, -0.05) is 0 Å². The van der Waals surface area contributed by atoms with Gasteiger partial charge in [0.05, 0.1) is 25.5 Å².